The molecule has 0 aliphatic heterocycles. The minimum atomic E-state index is -0.527. The van der Waals surface area contributed by atoms with Crippen LogP contribution >= 0.6 is 11.6 Å². The maximum absolute atomic E-state index is 14.5. The number of benzene rings is 3. The van der Waals surface area contributed by atoms with Crippen LogP contribution in [0, 0.1) is 18.6 Å². The molecule has 0 amide bonds. The van der Waals surface area contributed by atoms with Crippen LogP contribution < -0.4 is 4.74 Å². The second-order valence-corrected chi connectivity index (χ2v) is 5.86. The first-order valence-corrected chi connectivity index (χ1v) is 7.78. The van der Waals surface area contributed by atoms with Crippen molar-refractivity contribution in [2.75, 3.05) is 7.11 Å². The number of rotatable bonds is 3. The van der Waals surface area contributed by atoms with Crippen LogP contribution in [0.4, 0.5) is 8.78 Å². The molecule has 4 heteroatoms. The normalized spacial score (nSPS) is 10.7. The molecule has 0 aliphatic rings. The molecule has 0 saturated heterocycles. The lowest BCUT2D eigenvalue weighted by Gasteiger charge is -2.15. The first-order valence-electron chi connectivity index (χ1n) is 7.41. The monoisotopic (exact) mass is 344 g/mol. The lowest BCUT2D eigenvalue weighted by molar-refractivity contribution is 0.416. The minimum absolute atomic E-state index is 0.0302. The number of methoxy groups -OCH3 is 1. The highest BCUT2D eigenvalue weighted by molar-refractivity contribution is 6.31. The standard InChI is InChI=1S/C20H15ClF2O/c1-12-10-19(24-2)16(14-7-5-8-17(21)20(14)23)11-15(12)13-6-3-4-9-18(13)22/h3-11H,1-2H3. The molecule has 0 aliphatic carbocycles. The average Bonchev–Trinajstić information content (AvgIpc) is 2.58. The van der Waals surface area contributed by atoms with Gasteiger partial charge in [-0.3, -0.25) is 0 Å². The molecule has 0 fully saturated rings. The fourth-order valence-electron chi connectivity index (χ4n) is 2.74. The summed E-state index contributed by atoms with van der Waals surface area (Å²) in [4.78, 5) is 0. The average molecular weight is 345 g/mol. The van der Waals surface area contributed by atoms with Crippen LogP contribution in [-0.2, 0) is 0 Å². The summed E-state index contributed by atoms with van der Waals surface area (Å²) >= 11 is 5.90. The summed E-state index contributed by atoms with van der Waals surface area (Å²) in [5.41, 5.74) is 2.83. The SMILES string of the molecule is COc1cc(C)c(-c2ccccc2F)cc1-c1cccc(Cl)c1F. The van der Waals surface area contributed by atoms with Crippen molar-refractivity contribution in [1.29, 1.82) is 0 Å². The van der Waals surface area contributed by atoms with Gasteiger partial charge >= 0.3 is 0 Å². The molecule has 1 nitrogen and oxygen atoms in total. The molecule has 3 aromatic rings. The summed E-state index contributed by atoms with van der Waals surface area (Å²) in [6.45, 7) is 1.86. The van der Waals surface area contributed by atoms with Crippen molar-refractivity contribution in [3.8, 4) is 28.0 Å². The van der Waals surface area contributed by atoms with E-state index < -0.39 is 5.82 Å². The van der Waals surface area contributed by atoms with E-state index in [2.05, 4.69) is 0 Å². The largest absolute Gasteiger partial charge is 0.496 e. The van der Waals surface area contributed by atoms with Crippen molar-refractivity contribution in [3.05, 3.63) is 76.8 Å². The Bertz CT molecular complexity index is 906. The van der Waals surface area contributed by atoms with Gasteiger partial charge in [-0.15, -0.1) is 0 Å². The van der Waals surface area contributed by atoms with E-state index in [1.165, 1.54) is 19.2 Å². The first kappa shape index (κ1) is 16.5. The molecular weight excluding hydrogens is 330 g/mol. The lowest BCUT2D eigenvalue weighted by Crippen LogP contribution is -1.95. The van der Waals surface area contributed by atoms with Crippen molar-refractivity contribution in [2.24, 2.45) is 0 Å². The van der Waals surface area contributed by atoms with Gasteiger partial charge in [0.1, 0.15) is 17.4 Å². The van der Waals surface area contributed by atoms with E-state index in [1.807, 2.05) is 6.92 Å². The maximum atomic E-state index is 14.5. The van der Waals surface area contributed by atoms with Gasteiger partial charge in [0.05, 0.1) is 12.1 Å². The summed E-state index contributed by atoms with van der Waals surface area (Å²) in [5, 5.41) is 0.0302. The lowest BCUT2D eigenvalue weighted by atomic mass is 9.94. The molecule has 0 bridgehead atoms. The summed E-state index contributed by atoms with van der Waals surface area (Å²) in [6, 6.07) is 14.8. The molecule has 0 saturated carbocycles. The smallest absolute Gasteiger partial charge is 0.149 e. The highest BCUT2D eigenvalue weighted by Crippen LogP contribution is 2.39. The van der Waals surface area contributed by atoms with Crippen LogP contribution in [0.1, 0.15) is 5.56 Å². The molecule has 0 aromatic heterocycles. The predicted molar refractivity (Wildman–Crippen MR) is 93.5 cm³/mol. The Balaban J connectivity index is 2.29. The third-order valence-corrected chi connectivity index (χ3v) is 4.24. The molecule has 24 heavy (non-hydrogen) atoms. The van der Waals surface area contributed by atoms with Gasteiger partial charge in [0.15, 0.2) is 0 Å². The summed E-state index contributed by atoms with van der Waals surface area (Å²) in [6.07, 6.45) is 0. The zero-order valence-corrected chi connectivity index (χ0v) is 14.0. The third-order valence-electron chi connectivity index (χ3n) is 3.95. The van der Waals surface area contributed by atoms with Crippen LogP contribution in [-0.4, -0.2) is 7.11 Å². The Morgan fingerprint density at radius 1 is 0.833 bits per heavy atom. The Hall–Kier alpha value is -2.39. The van der Waals surface area contributed by atoms with Gasteiger partial charge in [0, 0.05) is 16.7 Å². The number of hydrogen-bond donors (Lipinski definition) is 0. The molecule has 0 radical (unpaired) electrons. The van der Waals surface area contributed by atoms with E-state index in [-0.39, 0.29) is 10.8 Å². The second kappa shape index (κ2) is 6.62. The summed E-state index contributed by atoms with van der Waals surface area (Å²) < 4.78 is 34.0. The molecule has 0 heterocycles. The molecule has 3 rings (SSSR count). The van der Waals surface area contributed by atoms with E-state index in [0.29, 0.717) is 28.0 Å². The van der Waals surface area contributed by atoms with E-state index in [9.17, 15) is 8.78 Å². The van der Waals surface area contributed by atoms with Crippen LogP contribution in [0.5, 0.6) is 5.75 Å². The maximum Gasteiger partial charge on any atom is 0.149 e. The van der Waals surface area contributed by atoms with Gasteiger partial charge in [-0.2, -0.15) is 0 Å². The highest BCUT2D eigenvalue weighted by atomic mass is 35.5. The van der Waals surface area contributed by atoms with Gasteiger partial charge in [-0.25, -0.2) is 8.78 Å². The van der Waals surface area contributed by atoms with Crippen LogP contribution in [0.3, 0.4) is 0 Å². The van der Waals surface area contributed by atoms with Gasteiger partial charge in [-0.1, -0.05) is 41.9 Å². The zero-order chi connectivity index (χ0) is 17.3. The van der Waals surface area contributed by atoms with Crippen LogP contribution in [0.15, 0.2) is 54.6 Å². The number of hydrogen-bond acceptors (Lipinski definition) is 1. The Labute approximate surface area is 144 Å². The quantitative estimate of drug-likeness (QED) is 0.544. The Morgan fingerprint density at radius 2 is 1.54 bits per heavy atom. The number of ether oxygens (including phenoxy) is 1. The molecule has 0 N–H and O–H groups in total. The van der Waals surface area contributed by atoms with Gasteiger partial charge in [-0.05, 0) is 42.3 Å². The van der Waals surface area contributed by atoms with Gasteiger partial charge in [0.2, 0.25) is 0 Å². The topological polar surface area (TPSA) is 9.23 Å². The van der Waals surface area contributed by atoms with E-state index in [4.69, 9.17) is 16.3 Å². The van der Waals surface area contributed by atoms with E-state index in [0.717, 1.165) is 5.56 Å². The first-order chi connectivity index (χ1) is 11.5. The highest BCUT2D eigenvalue weighted by Gasteiger charge is 2.17. The van der Waals surface area contributed by atoms with Crippen molar-refractivity contribution in [3.63, 3.8) is 0 Å². The molecule has 0 atom stereocenters. The fourth-order valence-corrected chi connectivity index (χ4v) is 2.92. The van der Waals surface area contributed by atoms with E-state index >= 15 is 0 Å². The molecular formula is C20H15ClF2O. The predicted octanol–water partition coefficient (Wildman–Crippen LogP) is 6.27. The van der Waals surface area contributed by atoms with Crippen LogP contribution in [0.25, 0.3) is 22.3 Å². The van der Waals surface area contributed by atoms with Crippen molar-refractivity contribution < 1.29 is 13.5 Å². The summed E-state index contributed by atoms with van der Waals surface area (Å²) in [5.74, 6) is -0.349. The fraction of sp³-hybridized carbons (Fsp3) is 0.100. The third kappa shape index (κ3) is 2.87. The number of halogens is 3. The molecule has 0 unspecified atom stereocenters. The second-order valence-electron chi connectivity index (χ2n) is 5.45. The molecule has 0 spiro atoms. The van der Waals surface area contributed by atoms with Crippen molar-refractivity contribution in [2.45, 2.75) is 6.92 Å². The van der Waals surface area contributed by atoms with Crippen molar-refractivity contribution in [1.82, 2.24) is 0 Å². The molecule has 3 aromatic carbocycles. The van der Waals surface area contributed by atoms with Gasteiger partial charge in [0.25, 0.3) is 0 Å². The minimum Gasteiger partial charge on any atom is -0.496 e. The Morgan fingerprint density at radius 3 is 2.25 bits per heavy atom. The van der Waals surface area contributed by atoms with Crippen LogP contribution in [0.2, 0.25) is 5.02 Å². The number of aryl methyl sites for hydroxylation is 1. The van der Waals surface area contributed by atoms with Crippen molar-refractivity contribution >= 4 is 11.6 Å². The van der Waals surface area contributed by atoms with Gasteiger partial charge < -0.3 is 4.74 Å². The summed E-state index contributed by atoms with van der Waals surface area (Å²) in [7, 11) is 1.52. The van der Waals surface area contributed by atoms with E-state index in [1.54, 1.807) is 42.5 Å². The molecule has 122 valence electrons. The Kier molecular flexibility index (Phi) is 4.54. The zero-order valence-electron chi connectivity index (χ0n) is 13.2.